The lowest BCUT2D eigenvalue weighted by atomic mass is 10.2. The normalized spacial score (nSPS) is 7.62. The van der Waals surface area contributed by atoms with E-state index in [1.54, 1.807) is 12.4 Å². The Morgan fingerprint density at radius 1 is 0.875 bits per heavy atom. The van der Waals surface area contributed by atoms with Crippen molar-refractivity contribution in [3.05, 3.63) is 73.1 Å². The van der Waals surface area contributed by atoms with Crippen LogP contribution in [0.3, 0.4) is 0 Å². The fourth-order valence-corrected chi connectivity index (χ4v) is 0.902. The summed E-state index contributed by atoms with van der Waals surface area (Å²) in [5, 5.41) is 0. The highest BCUT2D eigenvalue weighted by atomic mass is 14.6. The topological polar surface area (TPSA) is 12.9 Å². The van der Waals surface area contributed by atoms with Gasteiger partial charge in [-0.25, -0.2) is 0 Å². The van der Waals surface area contributed by atoms with Crippen LogP contribution < -0.4 is 0 Å². The van der Waals surface area contributed by atoms with Crippen LogP contribution in [0.2, 0.25) is 0 Å². The molecule has 1 nitrogen and oxygen atoms in total. The van der Waals surface area contributed by atoms with E-state index in [2.05, 4.69) is 11.6 Å². The Hall–Kier alpha value is -1.89. The minimum Gasteiger partial charge on any atom is -0.265 e. The van der Waals surface area contributed by atoms with Gasteiger partial charge in [0.15, 0.2) is 0 Å². The zero-order chi connectivity index (χ0) is 12.1. The molecule has 0 saturated heterocycles. The van der Waals surface area contributed by atoms with Crippen molar-refractivity contribution in [3.63, 3.8) is 0 Å². The number of hydrogen-bond acceptors (Lipinski definition) is 1. The van der Waals surface area contributed by atoms with E-state index in [0.717, 1.165) is 0 Å². The van der Waals surface area contributed by atoms with Crippen LogP contribution in [-0.2, 0) is 0 Å². The van der Waals surface area contributed by atoms with E-state index in [4.69, 9.17) is 0 Å². The Morgan fingerprint density at radius 3 is 1.62 bits per heavy atom. The van der Waals surface area contributed by atoms with Gasteiger partial charge in [-0.2, -0.15) is 0 Å². The molecule has 2 rings (SSSR count). The van der Waals surface area contributed by atoms with Gasteiger partial charge in [-0.05, 0) is 17.7 Å². The zero-order valence-corrected chi connectivity index (χ0v) is 10.0. The first kappa shape index (κ1) is 14.1. The Morgan fingerprint density at radius 2 is 1.38 bits per heavy atom. The van der Waals surface area contributed by atoms with Crippen LogP contribution in [0, 0.1) is 0 Å². The lowest BCUT2D eigenvalue weighted by molar-refractivity contribution is 1.33. The Balaban J connectivity index is 0.000000251. The van der Waals surface area contributed by atoms with E-state index in [-0.39, 0.29) is 0 Å². The largest absolute Gasteiger partial charge is 0.265 e. The van der Waals surface area contributed by atoms with Gasteiger partial charge >= 0.3 is 0 Å². The van der Waals surface area contributed by atoms with Gasteiger partial charge in [0.2, 0.25) is 0 Å². The predicted octanol–water partition coefficient (Wildman–Crippen LogP) is 4.44. The number of hydrogen-bond donors (Lipinski definition) is 0. The second-order valence-electron chi connectivity index (χ2n) is 2.64. The van der Waals surface area contributed by atoms with Gasteiger partial charge in [-0.15, -0.1) is 0 Å². The molecule has 0 spiro atoms. The molecule has 0 saturated carbocycles. The monoisotopic (exact) mass is 213 g/mol. The highest BCUT2D eigenvalue weighted by Crippen LogP contribution is 1.97. The van der Waals surface area contributed by atoms with E-state index in [1.165, 1.54) is 5.56 Å². The minimum absolute atomic E-state index is 1.17. The lowest BCUT2D eigenvalue weighted by Crippen LogP contribution is -1.63. The van der Waals surface area contributed by atoms with Crippen molar-refractivity contribution >= 4 is 6.08 Å². The smallest absolute Gasteiger partial charge is 0.0267 e. The molecule has 0 aliphatic carbocycles. The van der Waals surface area contributed by atoms with E-state index in [0.29, 0.717) is 0 Å². The molecule has 1 aromatic carbocycles. The van der Waals surface area contributed by atoms with E-state index in [1.807, 2.05) is 68.5 Å². The third kappa shape index (κ3) is 7.51. The molecule has 1 heterocycles. The van der Waals surface area contributed by atoms with Crippen molar-refractivity contribution in [2.24, 2.45) is 0 Å². The van der Waals surface area contributed by atoms with Crippen LogP contribution in [0.25, 0.3) is 6.08 Å². The van der Waals surface area contributed by atoms with Crippen LogP contribution in [0.15, 0.2) is 67.5 Å². The van der Waals surface area contributed by atoms with Crippen LogP contribution in [0.1, 0.15) is 19.4 Å². The number of nitrogens with zero attached hydrogens (tertiary/aromatic N) is 1. The molecule has 0 atom stereocenters. The van der Waals surface area contributed by atoms with Gasteiger partial charge in [-0.3, -0.25) is 4.98 Å². The maximum absolute atomic E-state index is 3.78. The van der Waals surface area contributed by atoms with Crippen LogP contribution in [-0.4, -0.2) is 4.98 Å². The van der Waals surface area contributed by atoms with Gasteiger partial charge in [0.05, 0.1) is 0 Å². The molecule has 0 radical (unpaired) electrons. The van der Waals surface area contributed by atoms with Crippen LogP contribution >= 0.6 is 0 Å². The SMILES string of the molecule is C=Cc1ccccc1.CC.c1ccncc1. The van der Waals surface area contributed by atoms with Gasteiger partial charge in [0.1, 0.15) is 0 Å². The second-order valence-corrected chi connectivity index (χ2v) is 2.64. The van der Waals surface area contributed by atoms with E-state index in [9.17, 15) is 0 Å². The molecule has 16 heavy (non-hydrogen) atoms. The molecule has 0 fully saturated rings. The van der Waals surface area contributed by atoms with Crippen molar-refractivity contribution < 1.29 is 0 Å². The first-order valence-electron chi connectivity index (χ1n) is 5.46. The summed E-state index contributed by atoms with van der Waals surface area (Å²) in [7, 11) is 0. The fraction of sp³-hybridized carbons (Fsp3) is 0.133. The molecule has 0 bridgehead atoms. The quantitative estimate of drug-likeness (QED) is 0.682. The Kier molecular flexibility index (Phi) is 9.86. The molecule has 84 valence electrons. The third-order valence-corrected chi connectivity index (χ3v) is 1.60. The fourth-order valence-electron chi connectivity index (χ4n) is 0.902. The molecule has 1 heteroatoms. The molecule has 2 aromatic rings. The molecule has 0 N–H and O–H groups in total. The predicted molar refractivity (Wildman–Crippen MR) is 72.1 cm³/mol. The summed E-state index contributed by atoms with van der Waals surface area (Å²) in [5.74, 6) is 0. The van der Waals surface area contributed by atoms with Gasteiger partial charge in [-0.1, -0.05) is 62.9 Å². The molecule has 1 aromatic heterocycles. The van der Waals surface area contributed by atoms with Crippen molar-refractivity contribution in [2.75, 3.05) is 0 Å². The first-order chi connectivity index (χ1) is 7.93. The summed E-state index contributed by atoms with van der Waals surface area (Å²) < 4.78 is 0. The Labute approximate surface area is 98.5 Å². The average Bonchev–Trinajstić information content (AvgIpc) is 2.44. The van der Waals surface area contributed by atoms with Gasteiger partial charge in [0.25, 0.3) is 0 Å². The van der Waals surface area contributed by atoms with E-state index < -0.39 is 0 Å². The second kappa shape index (κ2) is 11.2. The highest BCUT2D eigenvalue weighted by Gasteiger charge is 1.75. The summed E-state index contributed by atoms with van der Waals surface area (Å²) in [6.45, 7) is 7.63. The summed E-state index contributed by atoms with van der Waals surface area (Å²) in [4.78, 5) is 3.78. The molecular formula is C15H19N. The van der Waals surface area contributed by atoms with Crippen molar-refractivity contribution in [2.45, 2.75) is 13.8 Å². The Bertz CT molecular complexity index is 314. The maximum atomic E-state index is 3.78. The summed E-state index contributed by atoms with van der Waals surface area (Å²) >= 11 is 0. The number of aromatic nitrogens is 1. The molecule has 0 amide bonds. The van der Waals surface area contributed by atoms with Crippen LogP contribution in [0.5, 0.6) is 0 Å². The average molecular weight is 213 g/mol. The third-order valence-electron chi connectivity index (χ3n) is 1.60. The summed E-state index contributed by atoms with van der Waals surface area (Å²) in [5.41, 5.74) is 1.17. The summed E-state index contributed by atoms with van der Waals surface area (Å²) in [6.07, 6.45) is 5.33. The van der Waals surface area contributed by atoms with Crippen molar-refractivity contribution in [1.29, 1.82) is 0 Å². The minimum atomic E-state index is 1.17. The summed E-state index contributed by atoms with van der Waals surface area (Å²) in [6, 6.07) is 15.7. The first-order valence-corrected chi connectivity index (χ1v) is 5.46. The van der Waals surface area contributed by atoms with Crippen molar-refractivity contribution in [1.82, 2.24) is 4.98 Å². The molecule has 0 aliphatic rings. The number of rotatable bonds is 1. The molecule has 0 aliphatic heterocycles. The van der Waals surface area contributed by atoms with Gasteiger partial charge in [0, 0.05) is 12.4 Å². The molecular weight excluding hydrogens is 194 g/mol. The van der Waals surface area contributed by atoms with Crippen molar-refractivity contribution in [3.8, 4) is 0 Å². The number of pyridine rings is 1. The maximum Gasteiger partial charge on any atom is 0.0267 e. The van der Waals surface area contributed by atoms with Gasteiger partial charge < -0.3 is 0 Å². The zero-order valence-electron chi connectivity index (χ0n) is 10.0. The highest BCUT2D eigenvalue weighted by molar-refractivity contribution is 5.45. The van der Waals surface area contributed by atoms with E-state index >= 15 is 0 Å². The standard InChI is InChI=1S/C8H8.C5H5N.C2H6/c1-2-8-6-4-3-5-7-8;1-2-4-6-5-3-1;1-2/h2-7H,1H2;1-5H;1-2H3. The van der Waals surface area contributed by atoms with Crippen LogP contribution in [0.4, 0.5) is 0 Å². The number of benzene rings is 1. The molecule has 0 unspecified atom stereocenters. The lowest BCUT2D eigenvalue weighted by Gasteiger charge is -1.85.